The number of aliphatic hydroxyl groups is 4. The third kappa shape index (κ3) is 125. The lowest BCUT2D eigenvalue weighted by Gasteiger charge is -2.22. The maximum Gasteiger partial charge on any atom is 0.0824 e. The van der Waals surface area contributed by atoms with E-state index in [9.17, 15) is 0 Å². The Morgan fingerprint density at radius 2 is 0.366 bits per heavy atom. The largest absolute Gasteiger partial charge is 0.393 e. The van der Waals surface area contributed by atoms with Gasteiger partial charge in [-0.2, -0.15) is 0 Å². The van der Waals surface area contributed by atoms with Crippen LogP contribution in [0.25, 0.3) is 0 Å². The summed E-state index contributed by atoms with van der Waals surface area (Å²) in [4.78, 5) is 0. The van der Waals surface area contributed by atoms with Gasteiger partial charge in [0, 0.05) is 233 Å². The Labute approximate surface area is 534 Å². The van der Waals surface area contributed by atoms with Crippen LogP contribution in [0.15, 0.2) is 0 Å². The highest BCUT2D eigenvalue weighted by molar-refractivity contribution is 7.77. The van der Waals surface area contributed by atoms with E-state index in [1.165, 1.54) is 133 Å². The molecule has 0 heterocycles. The van der Waals surface area contributed by atoms with Crippen molar-refractivity contribution >= 4 is 72.6 Å². The maximum absolute atomic E-state index is 8.72. The van der Waals surface area contributed by atoms with Crippen LogP contribution in [-0.2, 0) is 0 Å². The zero-order chi connectivity index (χ0) is 67.6. The maximum atomic E-state index is 8.72. The number of hydrogen-bond donors (Lipinski definition) is 4. The van der Waals surface area contributed by atoms with E-state index in [-0.39, 0.29) is 34.3 Å². The lowest BCUT2D eigenvalue weighted by molar-refractivity contribution is 0.308. The fourth-order valence-electron chi connectivity index (χ4n) is 7.24. The topological polar surface area (TPSA) is 80.9 Å². The summed E-state index contributed by atoms with van der Waals surface area (Å²) in [5.74, 6) is 0. The third-order valence-electron chi connectivity index (χ3n) is 13.5. The highest BCUT2D eigenvalue weighted by Gasteiger charge is 2.31. The first-order chi connectivity index (χ1) is 37.0. The van der Waals surface area contributed by atoms with E-state index < -0.39 is 58.1 Å². The van der Waals surface area contributed by atoms with Crippen molar-refractivity contribution in [1.29, 1.82) is 0 Å². The van der Waals surface area contributed by atoms with Crippen molar-refractivity contribution in [3.63, 3.8) is 0 Å². The van der Waals surface area contributed by atoms with Gasteiger partial charge in [-0.05, 0) is 79.1 Å². The average molecular weight is 1370 g/mol. The number of hydrogen-bond acceptors (Lipinski definition) is 4. The molecule has 0 aromatic heterocycles. The zero-order valence-corrected chi connectivity index (χ0v) is 73.8. The molecule has 0 saturated heterocycles. The lowest BCUT2D eigenvalue weighted by Crippen LogP contribution is -2.13. The summed E-state index contributed by atoms with van der Waals surface area (Å²) in [6.45, 7) is 84.8. The van der Waals surface area contributed by atoms with Gasteiger partial charge in [-0.1, -0.05) is 81.1 Å². The Morgan fingerprint density at radius 1 is 0.183 bits per heavy atom. The van der Waals surface area contributed by atoms with Crippen molar-refractivity contribution in [3.8, 4) is 0 Å². The zero-order valence-electron chi connectivity index (χ0n) is 64.9. The van der Waals surface area contributed by atoms with Crippen LogP contribution >= 0.6 is 72.6 Å². The van der Waals surface area contributed by atoms with Crippen molar-refractivity contribution in [2.24, 2.45) is 0 Å². The summed E-state index contributed by atoms with van der Waals surface area (Å²) in [5, 5.41) is 34.6. The van der Waals surface area contributed by atoms with E-state index >= 15 is 0 Å². The van der Waals surface area contributed by atoms with Crippen LogP contribution in [0, 0.1) is 0 Å². The molecule has 82 heavy (non-hydrogen) atoms. The molecular formula is C68H176O4P10+10. The molecule has 0 spiro atoms. The molecule has 4 nitrogen and oxygen atoms in total. The molecule has 0 aromatic rings. The van der Waals surface area contributed by atoms with Gasteiger partial charge in [-0.3, -0.25) is 0 Å². The quantitative estimate of drug-likeness (QED) is 0.0506. The summed E-state index contributed by atoms with van der Waals surface area (Å²) in [5.41, 5.74) is 0. The SMILES string of the molecule is CCCC[P+](C)(C)C.CCCC[P+](C)(CCCC)CCCC.CCC[P+](C)(C)C.CCC[P+](C)(CCC)CCC.CC[P+](C)(C)C.CC[P+](C)(CC)CC.C[P+](C)(C)C.C[P+](C)(C)C.C[P+](C)(C)CCO.C[P+](CCO)(CCO)CCO. The minimum Gasteiger partial charge on any atom is -0.393 e. The molecule has 512 valence electrons. The average Bonchev–Trinajstić information content (AvgIpc) is 3.31. The number of rotatable bonds is 32. The van der Waals surface area contributed by atoms with E-state index in [0.717, 1.165) is 24.6 Å². The van der Waals surface area contributed by atoms with Crippen molar-refractivity contribution in [2.45, 2.75) is 160 Å². The second-order valence-electron chi connectivity index (χ2n) is 31.3. The van der Waals surface area contributed by atoms with Gasteiger partial charge in [-0.25, -0.2) is 0 Å². The van der Waals surface area contributed by atoms with Gasteiger partial charge in [0.05, 0.1) is 125 Å². The van der Waals surface area contributed by atoms with Gasteiger partial charge in [0.2, 0.25) is 0 Å². The predicted molar refractivity (Wildman–Crippen MR) is 441 cm³/mol. The first-order valence-corrected chi connectivity index (χ1v) is 65.1. The van der Waals surface area contributed by atoms with Gasteiger partial charge in [-0.15, -0.1) is 0 Å². The van der Waals surface area contributed by atoms with E-state index in [1.807, 2.05) is 0 Å². The molecule has 0 unspecified atom stereocenters. The molecule has 0 atom stereocenters. The summed E-state index contributed by atoms with van der Waals surface area (Å²) < 4.78 is 0. The predicted octanol–water partition coefficient (Wildman–Crippen LogP) is 22.0. The van der Waals surface area contributed by atoms with E-state index in [2.05, 4.69) is 243 Å². The fourth-order valence-corrected chi connectivity index (χ4v) is 21.7. The van der Waals surface area contributed by atoms with Crippen molar-refractivity contribution in [2.75, 3.05) is 285 Å². The second-order valence-corrected chi connectivity index (χ2v) is 81.2. The van der Waals surface area contributed by atoms with Crippen LogP contribution in [0.4, 0.5) is 0 Å². The second kappa shape index (κ2) is 65.2. The van der Waals surface area contributed by atoms with Crippen LogP contribution in [0.3, 0.4) is 0 Å². The third-order valence-corrected chi connectivity index (χ3v) is 37.5. The lowest BCUT2D eigenvalue weighted by atomic mass is 10.4. The molecule has 0 radical (unpaired) electrons. The van der Waals surface area contributed by atoms with Crippen LogP contribution < -0.4 is 0 Å². The minimum atomic E-state index is -1.22. The van der Waals surface area contributed by atoms with Crippen molar-refractivity contribution in [1.82, 2.24) is 0 Å². The molecule has 4 N–H and O–H groups in total. The molecule has 0 fully saturated rings. The monoisotopic (exact) mass is 1370 g/mol. The van der Waals surface area contributed by atoms with Gasteiger partial charge in [0.1, 0.15) is 0 Å². The Kier molecular flexibility index (Phi) is 85.7. The molecule has 0 aromatic carbocycles. The van der Waals surface area contributed by atoms with Crippen LogP contribution in [-0.4, -0.2) is 305 Å². The van der Waals surface area contributed by atoms with Crippen molar-refractivity contribution in [3.05, 3.63) is 0 Å². The van der Waals surface area contributed by atoms with E-state index in [4.69, 9.17) is 20.4 Å². The van der Waals surface area contributed by atoms with E-state index in [1.54, 1.807) is 18.5 Å². The molecule has 0 aliphatic carbocycles. The highest BCUT2D eigenvalue weighted by Crippen LogP contribution is 2.58. The summed E-state index contributed by atoms with van der Waals surface area (Å²) in [6.07, 6.45) is 38.0. The normalized spacial score (nSPS) is 12.0. The number of aliphatic hydroxyl groups excluding tert-OH is 4. The van der Waals surface area contributed by atoms with Gasteiger partial charge < -0.3 is 20.4 Å². The standard InChI is InChI=1S/C13H30P.C10H24P.C7H18O3P.2C7H18P.C6H16P.C5H14OP.C5H14P.2C4H12P/c1-5-8-11-14(4,12-9-6-2)13-10-7-3;1-5-8-11(4,9-6-2)10-7-3;1-11(5-2-8,6-3-9)7-4-10;1-5-6-7-8(2,3)4;1-5-8(4,6-2)7-3;1-5-6-7(2,3)4;1-7(2,3)5-4-6;1-5-6(2,3)4;2*1-5(2,3)4/h5-13H2,1-4H3;5-10H2,1-4H3;8-10H,2-7H2,1H3;2*5-7H2,1-4H3;5-6H2,1-4H3;6H,4-5H2,1-3H3;5H2,1-4H3;2*1-4H3/q10*+1. The molecular weight excluding hydrogens is 1190 g/mol. The molecule has 0 aliphatic rings. The van der Waals surface area contributed by atoms with Gasteiger partial charge >= 0.3 is 0 Å². The van der Waals surface area contributed by atoms with E-state index in [0.29, 0.717) is 6.61 Å². The number of unbranched alkanes of at least 4 members (excludes halogenated alkanes) is 4. The summed E-state index contributed by atoms with van der Waals surface area (Å²) >= 11 is 0. The molecule has 0 amide bonds. The Morgan fingerprint density at radius 3 is 0.463 bits per heavy atom. The Hall–Kier alpha value is 4.14. The molecule has 0 rings (SSSR count). The Balaban J connectivity index is -0.0000000893. The van der Waals surface area contributed by atoms with Gasteiger partial charge in [0.25, 0.3) is 0 Å². The fraction of sp³-hybridized carbons (Fsp3) is 1.00. The van der Waals surface area contributed by atoms with Gasteiger partial charge in [0.15, 0.2) is 0 Å². The highest BCUT2D eigenvalue weighted by atomic mass is 31.2. The smallest absolute Gasteiger partial charge is 0.0824 e. The van der Waals surface area contributed by atoms with Crippen molar-refractivity contribution < 1.29 is 20.4 Å². The Bertz CT molecular complexity index is 1070. The van der Waals surface area contributed by atoms with Crippen LogP contribution in [0.2, 0.25) is 0 Å². The minimum absolute atomic E-state index is 0.171. The molecule has 0 bridgehead atoms. The molecule has 0 saturated carbocycles. The summed E-state index contributed by atoms with van der Waals surface area (Å²) in [7, 11) is -5.31. The summed E-state index contributed by atoms with van der Waals surface area (Å²) in [6, 6.07) is 0. The molecule has 0 aliphatic heterocycles. The van der Waals surface area contributed by atoms with Crippen LogP contribution in [0.5, 0.6) is 0 Å². The first-order valence-electron chi connectivity index (χ1n) is 33.5. The molecule has 14 heteroatoms. The first kappa shape index (κ1) is 108. The van der Waals surface area contributed by atoms with Crippen LogP contribution in [0.1, 0.15) is 160 Å².